The Bertz CT molecular complexity index is 883. The van der Waals surface area contributed by atoms with Crippen LogP contribution in [-0.4, -0.2) is 32.9 Å². The number of carbonyl (C=O) groups is 1. The highest BCUT2D eigenvalue weighted by Gasteiger charge is 2.21. The van der Waals surface area contributed by atoms with Gasteiger partial charge in [-0.25, -0.2) is 0 Å². The summed E-state index contributed by atoms with van der Waals surface area (Å²) in [6.45, 7) is 3.75. The number of hydrogen-bond donors (Lipinski definition) is 0. The van der Waals surface area contributed by atoms with Crippen LogP contribution in [0.2, 0.25) is 0 Å². The lowest BCUT2D eigenvalue weighted by molar-refractivity contribution is 0.0994. The Kier molecular flexibility index (Phi) is 4.94. The maximum atomic E-state index is 12.6. The first-order valence-electron chi connectivity index (χ1n) is 7.80. The van der Waals surface area contributed by atoms with Crippen molar-refractivity contribution in [1.29, 1.82) is 0 Å². The van der Waals surface area contributed by atoms with E-state index in [9.17, 15) is 4.79 Å². The summed E-state index contributed by atoms with van der Waals surface area (Å²) in [5, 5.41) is 8.85. The summed E-state index contributed by atoms with van der Waals surface area (Å²) in [4.78, 5) is 12.6. The predicted octanol–water partition coefficient (Wildman–Crippen LogP) is 3.76. The standard InChI is InChI=1S/C18H19N3O3S/c1-11-15(9-10-24-11)17-19-20-18(21(17)3)25-12(2)16(22)13-5-7-14(23-4)8-6-13/h5-10,12H,1-4H3/t12-/m1/s1. The van der Waals surface area contributed by atoms with Crippen LogP contribution in [0.4, 0.5) is 0 Å². The zero-order chi connectivity index (χ0) is 18.0. The molecule has 3 aromatic rings. The maximum absolute atomic E-state index is 12.6. The third kappa shape index (κ3) is 3.46. The van der Waals surface area contributed by atoms with Crippen molar-refractivity contribution in [2.24, 2.45) is 7.05 Å². The molecule has 2 heterocycles. The van der Waals surface area contributed by atoms with Crippen LogP contribution in [0.1, 0.15) is 23.0 Å². The number of nitrogens with zero attached hydrogens (tertiary/aromatic N) is 3. The van der Waals surface area contributed by atoms with E-state index in [-0.39, 0.29) is 11.0 Å². The molecule has 0 saturated heterocycles. The fraction of sp³-hybridized carbons (Fsp3) is 0.278. The first kappa shape index (κ1) is 17.3. The Hall–Kier alpha value is -2.54. The third-order valence-corrected chi connectivity index (χ3v) is 5.09. The van der Waals surface area contributed by atoms with Crippen LogP contribution >= 0.6 is 11.8 Å². The van der Waals surface area contributed by atoms with Crippen LogP contribution in [-0.2, 0) is 7.05 Å². The van der Waals surface area contributed by atoms with Crippen molar-refractivity contribution in [2.75, 3.05) is 7.11 Å². The average Bonchev–Trinajstić information content (AvgIpc) is 3.20. The molecule has 1 aromatic carbocycles. The molecule has 3 rings (SSSR count). The van der Waals surface area contributed by atoms with Gasteiger partial charge in [-0.2, -0.15) is 0 Å². The summed E-state index contributed by atoms with van der Waals surface area (Å²) >= 11 is 1.38. The Labute approximate surface area is 150 Å². The van der Waals surface area contributed by atoms with Crippen molar-refractivity contribution in [3.05, 3.63) is 47.9 Å². The number of aryl methyl sites for hydroxylation is 1. The number of ether oxygens (including phenoxy) is 1. The number of aromatic nitrogens is 3. The van der Waals surface area contributed by atoms with Gasteiger partial charge < -0.3 is 13.7 Å². The zero-order valence-electron chi connectivity index (χ0n) is 14.5. The van der Waals surface area contributed by atoms with Gasteiger partial charge >= 0.3 is 0 Å². The number of hydrogen-bond acceptors (Lipinski definition) is 6. The van der Waals surface area contributed by atoms with Gasteiger partial charge in [0.25, 0.3) is 0 Å². The number of methoxy groups -OCH3 is 1. The molecule has 0 radical (unpaired) electrons. The zero-order valence-corrected chi connectivity index (χ0v) is 15.3. The minimum absolute atomic E-state index is 0.0386. The molecule has 0 amide bonds. The first-order valence-corrected chi connectivity index (χ1v) is 8.68. The number of furan rings is 1. The molecule has 0 aliphatic heterocycles. The maximum Gasteiger partial charge on any atom is 0.191 e. The van der Waals surface area contributed by atoms with E-state index < -0.39 is 0 Å². The van der Waals surface area contributed by atoms with Crippen LogP contribution < -0.4 is 4.74 Å². The molecule has 25 heavy (non-hydrogen) atoms. The van der Waals surface area contributed by atoms with Crippen LogP contribution in [0.15, 0.2) is 46.2 Å². The van der Waals surface area contributed by atoms with Gasteiger partial charge in [-0.05, 0) is 44.2 Å². The molecule has 2 aromatic heterocycles. The van der Waals surface area contributed by atoms with Gasteiger partial charge in [-0.1, -0.05) is 11.8 Å². The first-order chi connectivity index (χ1) is 12.0. The van der Waals surface area contributed by atoms with E-state index in [1.54, 1.807) is 37.6 Å². The number of thioether (sulfide) groups is 1. The molecule has 0 saturated carbocycles. The Morgan fingerprint density at radius 2 is 1.96 bits per heavy atom. The molecule has 0 aliphatic rings. The summed E-state index contributed by atoms with van der Waals surface area (Å²) in [7, 11) is 3.48. The molecule has 6 nitrogen and oxygen atoms in total. The molecule has 0 spiro atoms. The second-order valence-electron chi connectivity index (χ2n) is 5.61. The summed E-state index contributed by atoms with van der Waals surface area (Å²) in [5.41, 5.74) is 1.55. The molecular weight excluding hydrogens is 338 g/mol. The number of Topliss-reactive ketones (excluding diaryl/α,β-unsaturated/α-hetero) is 1. The third-order valence-electron chi connectivity index (χ3n) is 3.96. The molecule has 130 valence electrons. The van der Waals surface area contributed by atoms with E-state index in [1.807, 2.05) is 31.5 Å². The summed E-state index contributed by atoms with van der Waals surface area (Å²) < 4.78 is 12.3. The van der Waals surface area contributed by atoms with Crippen LogP contribution in [0.25, 0.3) is 11.4 Å². The lowest BCUT2D eigenvalue weighted by atomic mass is 10.1. The topological polar surface area (TPSA) is 70.2 Å². The summed E-state index contributed by atoms with van der Waals surface area (Å²) in [6.07, 6.45) is 1.63. The molecule has 7 heteroatoms. The van der Waals surface area contributed by atoms with Crippen molar-refractivity contribution >= 4 is 17.5 Å². The molecule has 0 fully saturated rings. The van der Waals surface area contributed by atoms with Crippen LogP contribution in [0.3, 0.4) is 0 Å². The summed E-state index contributed by atoms with van der Waals surface area (Å²) in [5.74, 6) is 2.27. The monoisotopic (exact) mass is 357 g/mol. The van der Waals surface area contributed by atoms with E-state index in [0.717, 1.165) is 22.9 Å². The fourth-order valence-electron chi connectivity index (χ4n) is 2.47. The van der Waals surface area contributed by atoms with Gasteiger partial charge in [0, 0.05) is 12.6 Å². The number of ketones is 1. The predicted molar refractivity (Wildman–Crippen MR) is 96.1 cm³/mol. The van der Waals surface area contributed by atoms with Gasteiger partial charge in [-0.3, -0.25) is 4.79 Å². The minimum atomic E-state index is -0.283. The molecular formula is C18H19N3O3S. The second-order valence-corrected chi connectivity index (χ2v) is 6.92. The van der Waals surface area contributed by atoms with Crippen LogP contribution in [0, 0.1) is 6.92 Å². The molecule has 0 bridgehead atoms. The van der Waals surface area contributed by atoms with E-state index >= 15 is 0 Å². The van der Waals surface area contributed by atoms with Gasteiger partial charge in [0.05, 0.1) is 24.2 Å². The van der Waals surface area contributed by atoms with Gasteiger partial charge in [0.1, 0.15) is 11.5 Å². The van der Waals surface area contributed by atoms with Gasteiger partial charge in [-0.15, -0.1) is 10.2 Å². The lowest BCUT2D eigenvalue weighted by Crippen LogP contribution is -2.14. The van der Waals surface area contributed by atoms with Crippen molar-refractivity contribution in [3.8, 4) is 17.1 Å². The Morgan fingerprint density at radius 3 is 2.56 bits per heavy atom. The van der Waals surface area contributed by atoms with Crippen molar-refractivity contribution in [2.45, 2.75) is 24.3 Å². The number of benzene rings is 1. The highest BCUT2D eigenvalue weighted by molar-refractivity contribution is 8.00. The molecule has 0 unspecified atom stereocenters. The lowest BCUT2D eigenvalue weighted by Gasteiger charge is -2.10. The fourth-order valence-corrected chi connectivity index (χ4v) is 3.36. The highest BCUT2D eigenvalue weighted by atomic mass is 32.2. The largest absolute Gasteiger partial charge is 0.497 e. The normalized spacial score (nSPS) is 12.2. The van der Waals surface area contributed by atoms with Crippen LogP contribution in [0.5, 0.6) is 5.75 Å². The van der Waals surface area contributed by atoms with E-state index in [4.69, 9.17) is 9.15 Å². The van der Waals surface area contributed by atoms with E-state index in [0.29, 0.717) is 10.7 Å². The summed E-state index contributed by atoms with van der Waals surface area (Å²) in [6, 6.07) is 8.98. The number of rotatable bonds is 6. The van der Waals surface area contributed by atoms with E-state index in [1.165, 1.54) is 11.8 Å². The van der Waals surface area contributed by atoms with Crippen molar-refractivity contribution in [1.82, 2.24) is 14.8 Å². The van der Waals surface area contributed by atoms with Crippen molar-refractivity contribution in [3.63, 3.8) is 0 Å². The second kappa shape index (κ2) is 7.14. The Morgan fingerprint density at radius 1 is 1.24 bits per heavy atom. The molecule has 0 aliphatic carbocycles. The quantitative estimate of drug-likeness (QED) is 0.494. The van der Waals surface area contributed by atoms with Gasteiger partial charge in [0.15, 0.2) is 16.8 Å². The van der Waals surface area contributed by atoms with E-state index in [2.05, 4.69) is 10.2 Å². The SMILES string of the molecule is COc1ccc(C(=O)[C@@H](C)Sc2nnc(-c3ccoc3C)n2C)cc1. The smallest absolute Gasteiger partial charge is 0.191 e. The number of carbonyl (C=O) groups excluding carboxylic acids is 1. The minimum Gasteiger partial charge on any atom is -0.497 e. The van der Waals surface area contributed by atoms with Crippen molar-refractivity contribution < 1.29 is 13.9 Å². The van der Waals surface area contributed by atoms with Gasteiger partial charge in [0.2, 0.25) is 0 Å². The molecule has 0 N–H and O–H groups in total. The average molecular weight is 357 g/mol. The Balaban J connectivity index is 1.76. The molecule has 1 atom stereocenters. The highest BCUT2D eigenvalue weighted by Crippen LogP contribution is 2.29.